The van der Waals surface area contributed by atoms with Gasteiger partial charge >= 0.3 is 18.1 Å². The van der Waals surface area contributed by atoms with Gasteiger partial charge in [0.15, 0.2) is 11.5 Å². The van der Waals surface area contributed by atoms with Crippen LogP contribution in [0.4, 0.5) is 9.59 Å². The van der Waals surface area contributed by atoms with E-state index in [2.05, 4.69) is 9.69 Å². The molecule has 2 aliphatic rings. The maximum absolute atomic E-state index is 12.5. The fourth-order valence-electron chi connectivity index (χ4n) is 2.84. The van der Waals surface area contributed by atoms with E-state index in [1.807, 2.05) is 26.0 Å². The van der Waals surface area contributed by atoms with Crippen molar-refractivity contribution in [2.75, 3.05) is 13.2 Å². The van der Waals surface area contributed by atoms with Gasteiger partial charge in [0.2, 0.25) is 0 Å². The lowest BCUT2D eigenvalue weighted by molar-refractivity contribution is 0.0919. The Bertz CT molecular complexity index is 1220. The third kappa shape index (κ3) is 6.53. The minimum absolute atomic E-state index is 0.0627. The van der Waals surface area contributed by atoms with E-state index in [1.165, 1.54) is 0 Å². The first-order valence-corrected chi connectivity index (χ1v) is 14.4. The molecule has 1 aromatic carbocycles. The molecule has 0 aromatic heterocycles. The van der Waals surface area contributed by atoms with Gasteiger partial charge in [-0.05, 0) is 12.8 Å². The Hall–Kier alpha value is -3.40. The van der Waals surface area contributed by atoms with Crippen LogP contribution in [0, 0.1) is 35.8 Å². The van der Waals surface area contributed by atoms with Crippen molar-refractivity contribution in [1.82, 2.24) is 0 Å². The zero-order chi connectivity index (χ0) is 27.7. The van der Waals surface area contributed by atoms with Crippen LogP contribution in [0.3, 0.4) is 0 Å². The zero-order valence-electron chi connectivity index (χ0n) is 20.1. The monoisotopic (exact) mass is 586 g/mol. The summed E-state index contributed by atoms with van der Waals surface area (Å²) in [5.41, 5.74) is -0.159. The first kappa shape index (κ1) is 29.2. The number of fused-ring (bicyclic) bond motifs is 2. The number of carbonyl (C=O) groups excluding carboxylic acids is 2. The fraction of sp³-hybridized carbons (Fsp3) is 0.333. The van der Waals surface area contributed by atoms with Gasteiger partial charge in [0.1, 0.15) is 35.1 Å². The van der Waals surface area contributed by atoms with Gasteiger partial charge in [-0.25, -0.2) is 9.59 Å². The van der Waals surface area contributed by atoms with Gasteiger partial charge in [0.25, 0.3) is 0 Å². The molecule has 2 heterocycles. The molecule has 0 amide bonds. The molecular weight excluding hydrogens is 569 g/mol. The third-order valence-corrected chi connectivity index (χ3v) is 9.79. The van der Waals surface area contributed by atoms with E-state index in [1.54, 1.807) is 0 Å². The molecule has 0 radical (unpaired) electrons. The lowest BCUT2D eigenvalue weighted by Gasteiger charge is -2.16. The van der Waals surface area contributed by atoms with Crippen molar-refractivity contribution in [3.63, 3.8) is 0 Å². The maximum atomic E-state index is 12.5. The second kappa shape index (κ2) is 13.9. The number of hydrogen-bond donors (Lipinski definition) is 0. The molecule has 0 saturated carbocycles. The Balaban J connectivity index is 2.17. The van der Waals surface area contributed by atoms with Crippen LogP contribution in [0.15, 0.2) is 39.5 Å². The van der Waals surface area contributed by atoms with E-state index in [4.69, 9.17) is 32.1 Å². The quantitative estimate of drug-likeness (QED) is 0.0964. The largest absolute Gasteiger partial charge is 0.540 e. The van der Waals surface area contributed by atoms with Crippen molar-refractivity contribution < 1.29 is 28.5 Å². The Labute approximate surface area is 236 Å². The van der Waals surface area contributed by atoms with Gasteiger partial charge in [0.05, 0.1) is 37.0 Å². The topological polar surface area (TPSA) is 127 Å². The highest BCUT2D eigenvalue weighted by Crippen LogP contribution is 2.68. The molecule has 1 aromatic rings. The van der Waals surface area contributed by atoms with Crippen LogP contribution in [-0.4, -0.2) is 25.5 Å². The Morgan fingerprint density at radius 1 is 0.763 bits per heavy atom. The molecule has 0 atom stereocenters. The molecule has 3 rings (SSSR count). The van der Waals surface area contributed by atoms with Gasteiger partial charge in [-0.3, -0.25) is 0 Å². The molecule has 0 N–H and O–H groups in total. The number of hydrogen-bond acceptors (Lipinski definition) is 12. The second-order valence-corrected chi connectivity index (χ2v) is 11.8. The number of thioether (sulfide) groups is 4. The SMILES string of the molecule is [C-]#[N+]C([N+]#[C-])=C1Sc2c(OC(=O)OCCCC)c3c(c(OC(=O)OCCCC)c2S1)SC(=C(C#N)C#N)S3. The molecule has 0 fully saturated rings. The number of ether oxygens (including phenoxy) is 4. The first-order valence-electron chi connectivity index (χ1n) is 11.1. The summed E-state index contributed by atoms with van der Waals surface area (Å²) in [4.78, 5) is 33.0. The zero-order valence-corrected chi connectivity index (χ0v) is 23.4. The van der Waals surface area contributed by atoms with Crippen molar-refractivity contribution in [3.05, 3.63) is 42.7 Å². The predicted octanol–water partition coefficient (Wildman–Crippen LogP) is 7.94. The van der Waals surface area contributed by atoms with Crippen LogP contribution in [0.25, 0.3) is 9.69 Å². The van der Waals surface area contributed by atoms with E-state index in [0.29, 0.717) is 40.9 Å². The summed E-state index contributed by atoms with van der Waals surface area (Å²) in [5, 5.41) is 18.8. The number of benzene rings is 1. The third-order valence-electron chi connectivity index (χ3n) is 4.64. The van der Waals surface area contributed by atoms with Crippen molar-refractivity contribution in [2.24, 2.45) is 0 Å². The van der Waals surface area contributed by atoms with Gasteiger partial charge in [-0.2, -0.15) is 20.2 Å². The molecule has 14 heteroatoms. The van der Waals surface area contributed by atoms with Gasteiger partial charge in [-0.1, -0.05) is 73.7 Å². The lowest BCUT2D eigenvalue weighted by Crippen LogP contribution is -2.14. The molecule has 0 spiro atoms. The molecule has 0 unspecified atom stereocenters. The second-order valence-electron chi connectivity index (χ2n) is 7.21. The molecular formula is C24H18N4O6S4. The number of nitrogens with zero attached hydrogens (tertiary/aromatic N) is 4. The van der Waals surface area contributed by atoms with Crippen LogP contribution in [0.1, 0.15) is 39.5 Å². The summed E-state index contributed by atoms with van der Waals surface area (Å²) in [7, 11) is 0. The molecule has 10 nitrogen and oxygen atoms in total. The minimum atomic E-state index is -0.960. The Morgan fingerprint density at radius 2 is 1.16 bits per heavy atom. The van der Waals surface area contributed by atoms with Crippen LogP contribution in [-0.2, 0) is 9.47 Å². The number of allylic oxidation sites excluding steroid dienone is 1. The Kier molecular flexibility index (Phi) is 10.7. The van der Waals surface area contributed by atoms with Gasteiger partial charge in [0, 0.05) is 0 Å². The standard InChI is InChI=1S/C24H18N4O6S4/c1-5-7-9-31-23(29)33-14-16-17(36-21(35-16)13(11-25)12-26)15(34-24(30)32-10-8-6-2)19-18(14)37-22(38-19)20(27-3)28-4/h5-10H2,1-2H3. The number of nitriles is 2. The molecule has 194 valence electrons. The smallest absolute Gasteiger partial charge is 0.434 e. The average molecular weight is 587 g/mol. The summed E-state index contributed by atoms with van der Waals surface area (Å²) in [6, 6.07) is 3.68. The van der Waals surface area contributed by atoms with Crippen molar-refractivity contribution in [1.29, 1.82) is 10.5 Å². The highest BCUT2D eigenvalue weighted by atomic mass is 32.2. The van der Waals surface area contributed by atoms with Crippen molar-refractivity contribution in [3.8, 4) is 23.6 Å². The van der Waals surface area contributed by atoms with Gasteiger partial charge in [-0.15, -0.1) is 0 Å². The molecule has 38 heavy (non-hydrogen) atoms. The molecule has 0 aliphatic carbocycles. The average Bonchev–Trinajstić information content (AvgIpc) is 3.54. The van der Waals surface area contributed by atoms with Crippen LogP contribution >= 0.6 is 47.0 Å². The molecule has 2 aliphatic heterocycles. The van der Waals surface area contributed by atoms with Crippen LogP contribution < -0.4 is 9.47 Å². The summed E-state index contributed by atoms with van der Waals surface area (Å²) in [6.07, 6.45) is 0.971. The normalized spacial score (nSPS) is 12.7. The number of unbranched alkanes of at least 4 members (excludes halogenated alkanes) is 2. The Morgan fingerprint density at radius 3 is 1.50 bits per heavy atom. The first-order chi connectivity index (χ1) is 18.4. The number of rotatable bonds is 8. The van der Waals surface area contributed by atoms with E-state index < -0.39 is 12.3 Å². The number of carbonyl (C=O) groups is 2. The summed E-state index contributed by atoms with van der Waals surface area (Å²) >= 11 is 4.07. The summed E-state index contributed by atoms with van der Waals surface area (Å²) in [6.45, 7) is 18.9. The van der Waals surface area contributed by atoms with Crippen molar-refractivity contribution >= 4 is 59.4 Å². The predicted molar refractivity (Wildman–Crippen MR) is 142 cm³/mol. The highest BCUT2D eigenvalue weighted by molar-refractivity contribution is 8.26. The minimum Gasteiger partial charge on any atom is -0.434 e. The summed E-state index contributed by atoms with van der Waals surface area (Å²) in [5.74, 6) is -0.0677. The van der Waals surface area contributed by atoms with E-state index in [9.17, 15) is 20.1 Å². The molecule has 0 bridgehead atoms. The van der Waals surface area contributed by atoms with E-state index in [0.717, 1.165) is 59.9 Å². The van der Waals surface area contributed by atoms with Gasteiger partial charge < -0.3 is 18.9 Å². The van der Waals surface area contributed by atoms with E-state index in [-0.39, 0.29) is 36.1 Å². The molecule has 0 saturated heterocycles. The van der Waals surface area contributed by atoms with Crippen LogP contribution in [0.5, 0.6) is 11.5 Å². The fourth-order valence-corrected chi connectivity index (χ4v) is 7.98. The lowest BCUT2D eigenvalue weighted by atomic mass is 10.3. The van der Waals surface area contributed by atoms with Crippen LogP contribution in [0.2, 0.25) is 0 Å². The maximum Gasteiger partial charge on any atom is 0.540 e. The highest BCUT2D eigenvalue weighted by Gasteiger charge is 2.41. The summed E-state index contributed by atoms with van der Waals surface area (Å²) < 4.78 is 22.2. The van der Waals surface area contributed by atoms with Crippen molar-refractivity contribution in [2.45, 2.75) is 59.1 Å². The van der Waals surface area contributed by atoms with E-state index >= 15 is 0 Å².